The van der Waals surface area contributed by atoms with Crippen LogP contribution in [0.1, 0.15) is 16.7 Å². The van der Waals surface area contributed by atoms with Crippen molar-refractivity contribution in [3.05, 3.63) is 84.5 Å². The highest BCUT2D eigenvalue weighted by Gasteiger charge is 2.14. The van der Waals surface area contributed by atoms with Gasteiger partial charge in [0, 0.05) is 57.9 Å². The van der Waals surface area contributed by atoms with Crippen LogP contribution in [0.3, 0.4) is 0 Å². The van der Waals surface area contributed by atoms with Gasteiger partial charge in [0.2, 0.25) is 17.7 Å². The molecule has 0 saturated carbocycles. The summed E-state index contributed by atoms with van der Waals surface area (Å²) in [6, 6.07) is 4.55. The molecule has 0 unspecified atom stereocenters. The number of rotatable bonds is 15. The topological polar surface area (TPSA) is 217 Å². The lowest BCUT2D eigenvalue weighted by Crippen LogP contribution is -2.44. The number of hydrogen-bond donors (Lipinski definition) is 6. The predicted octanol–water partition coefficient (Wildman–Crippen LogP) is -1.74. The molecule has 0 aliphatic carbocycles. The average Bonchev–Trinajstić information content (AvgIpc) is 3.01. The van der Waals surface area contributed by atoms with Gasteiger partial charge >= 0.3 is 0 Å². The van der Waals surface area contributed by atoms with Crippen LogP contribution in [0.25, 0.3) is 0 Å². The van der Waals surface area contributed by atoms with Gasteiger partial charge in [-0.3, -0.25) is 33.7 Å². The number of carbonyl (C=O) groups excluding carboxylic acids is 3. The Bertz CT molecular complexity index is 1560. The molecule has 0 radical (unpaired) electrons. The largest absolute Gasteiger partial charge is 0.503 e. The summed E-state index contributed by atoms with van der Waals surface area (Å²) in [5.41, 5.74) is -0.877. The first-order valence-electron chi connectivity index (χ1n) is 14.5. The first-order valence-corrected chi connectivity index (χ1v) is 14.5. The number of amides is 3. The fourth-order valence-corrected chi connectivity index (χ4v) is 4.36. The summed E-state index contributed by atoms with van der Waals surface area (Å²) in [7, 11) is 0. The van der Waals surface area contributed by atoms with Crippen LogP contribution in [-0.2, 0) is 34.0 Å². The van der Waals surface area contributed by atoms with Crippen LogP contribution in [0.2, 0.25) is 0 Å². The average molecular weight is 642 g/mol. The second-order valence-electron chi connectivity index (χ2n) is 10.7. The second-order valence-corrected chi connectivity index (χ2v) is 10.7. The van der Waals surface area contributed by atoms with Gasteiger partial charge in [0.1, 0.15) is 19.6 Å². The van der Waals surface area contributed by atoms with E-state index in [9.17, 15) is 44.1 Å². The molecule has 46 heavy (non-hydrogen) atoms. The Balaban J connectivity index is 1.55. The molecule has 0 aromatic carbocycles. The molecule has 3 aromatic rings. The SMILES string of the molecule is Cc1ccn(CC(=O)NCCN(CCNC(=O)Cn2ccc(C)c(O)c2=O)CCNC(=O)Cn2ccc(C)c(O)c2=O)c(=O)c1O. The highest BCUT2D eigenvalue weighted by atomic mass is 16.3. The lowest BCUT2D eigenvalue weighted by Gasteiger charge is -2.23. The Morgan fingerprint density at radius 2 is 0.826 bits per heavy atom. The maximum Gasteiger partial charge on any atom is 0.293 e. The number of hydrogen-bond acceptors (Lipinski definition) is 10. The van der Waals surface area contributed by atoms with E-state index in [1.807, 2.05) is 4.90 Å². The van der Waals surface area contributed by atoms with Crippen LogP contribution in [0, 0.1) is 20.8 Å². The number of aromatic nitrogens is 3. The minimum atomic E-state index is -0.686. The fraction of sp³-hybridized carbons (Fsp3) is 0.400. The van der Waals surface area contributed by atoms with Crippen molar-refractivity contribution in [3.63, 3.8) is 0 Å². The first-order chi connectivity index (χ1) is 21.8. The van der Waals surface area contributed by atoms with Gasteiger partial charge in [0.05, 0.1) is 0 Å². The van der Waals surface area contributed by atoms with Crippen molar-refractivity contribution in [2.45, 2.75) is 40.4 Å². The van der Waals surface area contributed by atoms with Crippen molar-refractivity contribution >= 4 is 17.7 Å². The molecule has 0 spiro atoms. The fourth-order valence-electron chi connectivity index (χ4n) is 4.36. The number of pyridine rings is 3. The summed E-state index contributed by atoms with van der Waals surface area (Å²) in [5, 5.41) is 37.6. The molecule has 3 rings (SSSR count). The quantitative estimate of drug-likeness (QED) is 0.110. The van der Waals surface area contributed by atoms with E-state index in [4.69, 9.17) is 0 Å². The van der Waals surface area contributed by atoms with Crippen molar-refractivity contribution in [1.29, 1.82) is 0 Å². The highest BCUT2D eigenvalue weighted by Crippen LogP contribution is 2.09. The molecule has 0 saturated heterocycles. The molecule has 3 heterocycles. The molecular formula is C30H39N7O9. The van der Waals surface area contributed by atoms with Crippen LogP contribution in [0.4, 0.5) is 0 Å². The van der Waals surface area contributed by atoms with Crippen LogP contribution < -0.4 is 32.6 Å². The highest BCUT2D eigenvalue weighted by molar-refractivity contribution is 5.76. The monoisotopic (exact) mass is 641 g/mol. The minimum absolute atomic E-state index is 0.156. The standard InChI is InChI=1S/C30H39N7O9/c1-19-4-10-35(28(44)25(19)41)16-22(38)31-7-13-34(14-8-32-23(39)17-36-11-5-20(2)26(42)29(36)45)15-9-33-24(40)18-37-12-6-21(3)27(43)30(37)46/h4-6,10-12,41-43H,7-9,13-18H2,1-3H3,(H,31,38)(H,32,39)(H,33,40). The Hall–Kier alpha value is -5.38. The molecule has 0 aliphatic rings. The van der Waals surface area contributed by atoms with E-state index in [0.717, 1.165) is 13.7 Å². The molecule has 16 heteroatoms. The van der Waals surface area contributed by atoms with Crippen LogP contribution in [-0.4, -0.2) is 90.9 Å². The minimum Gasteiger partial charge on any atom is -0.503 e. The summed E-state index contributed by atoms with van der Waals surface area (Å²) in [6.45, 7) is 5.15. The van der Waals surface area contributed by atoms with Gasteiger partial charge in [-0.15, -0.1) is 0 Å². The molecule has 0 bridgehead atoms. The third-order valence-electron chi connectivity index (χ3n) is 7.22. The summed E-state index contributed by atoms with van der Waals surface area (Å²) in [5.74, 6) is -2.70. The Morgan fingerprint density at radius 1 is 0.565 bits per heavy atom. The zero-order chi connectivity index (χ0) is 34.0. The molecule has 3 amide bonds. The number of nitrogens with one attached hydrogen (secondary N) is 3. The Labute approximate surface area is 263 Å². The van der Waals surface area contributed by atoms with Gasteiger partial charge in [-0.1, -0.05) is 0 Å². The molecule has 248 valence electrons. The number of aryl methyl sites for hydroxylation is 3. The molecule has 0 fully saturated rings. The van der Waals surface area contributed by atoms with Crippen molar-refractivity contribution in [3.8, 4) is 17.2 Å². The van der Waals surface area contributed by atoms with Crippen molar-refractivity contribution < 1.29 is 29.7 Å². The third-order valence-corrected chi connectivity index (χ3v) is 7.22. The first kappa shape index (κ1) is 35.1. The van der Waals surface area contributed by atoms with Gasteiger partial charge < -0.3 is 45.0 Å². The summed E-state index contributed by atoms with van der Waals surface area (Å²) < 4.78 is 3.25. The zero-order valence-corrected chi connectivity index (χ0v) is 25.9. The van der Waals surface area contributed by atoms with E-state index in [-0.39, 0.29) is 39.3 Å². The lowest BCUT2D eigenvalue weighted by molar-refractivity contribution is -0.122. The molecule has 0 atom stereocenters. The normalized spacial score (nSPS) is 11.0. The maximum absolute atomic E-state index is 12.5. The Kier molecular flexibility index (Phi) is 12.3. The van der Waals surface area contributed by atoms with Crippen LogP contribution >= 0.6 is 0 Å². The van der Waals surface area contributed by atoms with Gasteiger partial charge in [-0.2, -0.15) is 0 Å². The van der Waals surface area contributed by atoms with Gasteiger partial charge in [-0.05, 0) is 55.7 Å². The van der Waals surface area contributed by atoms with Gasteiger partial charge in [0.25, 0.3) is 16.7 Å². The van der Waals surface area contributed by atoms with Crippen molar-refractivity contribution in [2.75, 3.05) is 39.3 Å². The van der Waals surface area contributed by atoms with Gasteiger partial charge in [-0.25, -0.2) is 0 Å². The number of nitrogens with zero attached hydrogens (tertiary/aromatic N) is 4. The van der Waals surface area contributed by atoms with E-state index in [0.29, 0.717) is 36.3 Å². The molecule has 3 aromatic heterocycles. The number of carbonyl (C=O) groups is 3. The molecule has 16 nitrogen and oxygen atoms in total. The summed E-state index contributed by atoms with van der Waals surface area (Å²) in [6.07, 6.45) is 4.23. The van der Waals surface area contributed by atoms with E-state index < -0.39 is 51.6 Å². The van der Waals surface area contributed by atoms with E-state index in [1.165, 1.54) is 36.8 Å². The second kappa shape index (κ2) is 16.1. The van der Waals surface area contributed by atoms with Crippen LogP contribution in [0.5, 0.6) is 17.2 Å². The molecular weight excluding hydrogens is 602 g/mol. The molecule has 6 N–H and O–H groups in total. The maximum atomic E-state index is 12.5. The van der Waals surface area contributed by atoms with Gasteiger partial charge in [0.15, 0.2) is 17.2 Å². The smallest absolute Gasteiger partial charge is 0.293 e. The van der Waals surface area contributed by atoms with E-state index in [2.05, 4.69) is 16.0 Å². The van der Waals surface area contributed by atoms with Crippen molar-refractivity contribution in [1.82, 2.24) is 34.6 Å². The number of aromatic hydroxyl groups is 3. The summed E-state index contributed by atoms with van der Waals surface area (Å²) >= 11 is 0. The lowest BCUT2D eigenvalue weighted by atomic mass is 10.3. The summed E-state index contributed by atoms with van der Waals surface area (Å²) in [4.78, 5) is 75.8. The van der Waals surface area contributed by atoms with Crippen molar-refractivity contribution in [2.24, 2.45) is 0 Å². The van der Waals surface area contributed by atoms with E-state index in [1.54, 1.807) is 20.8 Å². The molecule has 0 aliphatic heterocycles. The third kappa shape index (κ3) is 9.56. The van der Waals surface area contributed by atoms with E-state index >= 15 is 0 Å². The van der Waals surface area contributed by atoms with Crippen LogP contribution in [0.15, 0.2) is 51.2 Å². The predicted molar refractivity (Wildman–Crippen MR) is 167 cm³/mol. The Morgan fingerprint density at radius 3 is 1.09 bits per heavy atom. The zero-order valence-electron chi connectivity index (χ0n) is 25.9.